The summed E-state index contributed by atoms with van der Waals surface area (Å²) in [5, 5.41) is 0. The quantitative estimate of drug-likeness (QED) is 0.786. The molecule has 0 bridgehead atoms. The maximum Gasteiger partial charge on any atom is 0.340 e. The fourth-order valence-electron chi connectivity index (χ4n) is 3.16. The van der Waals surface area contributed by atoms with E-state index in [9.17, 15) is 9.59 Å². The Kier molecular flexibility index (Phi) is 4.69. The van der Waals surface area contributed by atoms with E-state index >= 15 is 0 Å². The van der Waals surface area contributed by atoms with Gasteiger partial charge in [-0.1, -0.05) is 36.4 Å². The molecule has 2 heterocycles. The van der Waals surface area contributed by atoms with Crippen LogP contribution in [0.25, 0.3) is 0 Å². The first kappa shape index (κ1) is 16.8. The Bertz CT molecular complexity index is 775. The van der Waals surface area contributed by atoms with Crippen LogP contribution in [0.1, 0.15) is 27.1 Å². The van der Waals surface area contributed by atoms with Crippen LogP contribution in [0, 0.1) is 0 Å². The van der Waals surface area contributed by atoms with Crippen molar-refractivity contribution >= 4 is 11.9 Å². The number of ether oxygens (including phenoxy) is 4. The highest BCUT2D eigenvalue weighted by molar-refractivity contribution is 5.90. The average Bonchev–Trinajstić information content (AvgIpc) is 3.24. The van der Waals surface area contributed by atoms with E-state index < -0.39 is 30.4 Å². The molecule has 2 aromatic carbocycles. The highest BCUT2D eigenvalue weighted by Crippen LogP contribution is 2.33. The monoisotopic (exact) mass is 354 g/mol. The second-order valence-electron chi connectivity index (χ2n) is 6.22. The summed E-state index contributed by atoms with van der Waals surface area (Å²) in [5.41, 5.74) is 0.933. The van der Waals surface area contributed by atoms with E-state index in [1.807, 2.05) is 12.1 Å². The van der Waals surface area contributed by atoms with Gasteiger partial charge in [0.05, 0.1) is 23.8 Å². The Hall–Kier alpha value is -2.70. The van der Waals surface area contributed by atoms with Gasteiger partial charge in [-0.25, -0.2) is 9.59 Å². The van der Waals surface area contributed by atoms with Crippen molar-refractivity contribution in [2.45, 2.75) is 31.0 Å². The summed E-state index contributed by atoms with van der Waals surface area (Å²) in [6.45, 7) is 0.271. The molecule has 2 saturated heterocycles. The molecule has 26 heavy (non-hydrogen) atoms. The number of hydrogen-bond acceptors (Lipinski definition) is 6. The lowest BCUT2D eigenvalue weighted by Gasteiger charge is -2.19. The number of carbonyl (C=O) groups is 2. The van der Waals surface area contributed by atoms with Crippen molar-refractivity contribution in [3.05, 3.63) is 71.8 Å². The summed E-state index contributed by atoms with van der Waals surface area (Å²) in [6.07, 6.45) is -1.50. The molecule has 4 rings (SSSR count). The molecule has 6 nitrogen and oxygen atoms in total. The summed E-state index contributed by atoms with van der Waals surface area (Å²) in [7, 11) is 0. The second kappa shape index (κ2) is 7.27. The van der Waals surface area contributed by atoms with Crippen LogP contribution in [0.4, 0.5) is 0 Å². The summed E-state index contributed by atoms with van der Waals surface area (Å²) < 4.78 is 22.3. The van der Waals surface area contributed by atoms with Crippen molar-refractivity contribution in [1.82, 2.24) is 0 Å². The summed E-state index contributed by atoms with van der Waals surface area (Å²) >= 11 is 0. The molecule has 0 spiro atoms. The zero-order chi connectivity index (χ0) is 17.9. The fourth-order valence-corrected chi connectivity index (χ4v) is 3.16. The van der Waals surface area contributed by atoms with Gasteiger partial charge in [0.25, 0.3) is 0 Å². The first-order chi connectivity index (χ1) is 12.7. The van der Waals surface area contributed by atoms with Crippen molar-refractivity contribution < 1.29 is 28.5 Å². The van der Waals surface area contributed by atoms with Gasteiger partial charge in [0.15, 0.2) is 6.10 Å². The third kappa shape index (κ3) is 3.47. The molecule has 0 N–H and O–H groups in total. The molecular formula is C20H18O6. The molecule has 2 aliphatic rings. The third-order valence-corrected chi connectivity index (χ3v) is 4.46. The van der Waals surface area contributed by atoms with Crippen molar-refractivity contribution in [2.75, 3.05) is 6.61 Å². The van der Waals surface area contributed by atoms with Gasteiger partial charge in [-0.05, 0) is 24.3 Å². The van der Waals surface area contributed by atoms with Gasteiger partial charge in [-0.3, -0.25) is 0 Å². The lowest BCUT2D eigenvalue weighted by Crippen LogP contribution is -2.33. The molecule has 134 valence electrons. The Balaban J connectivity index is 1.35. The topological polar surface area (TPSA) is 71.1 Å². The van der Waals surface area contributed by atoms with Gasteiger partial charge >= 0.3 is 11.9 Å². The highest BCUT2D eigenvalue weighted by Gasteiger charge is 2.49. The molecular weight excluding hydrogens is 336 g/mol. The number of benzene rings is 2. The van der Waals surface area contributed by atoms with E-state index in [1.54, 1.807) is 48.5 Å². The van der Waals surface area contributed by atoms with Gasteiger partial charge in [0.1, 0.15) is 6.10 Å². The second-order valence-corrected chi connectivity index (χ2v) is 6.22. The summed E-state index contributed by atoms with van der Waals surface area (Å²) in [6, 6.07) is 17.5. The molecule has 0 radical (unpaired) electrons. The van der Waals surface area contributed by atoms with E-state index in [4.69, 9.17) is 18.9 Å². The number of hydrogen-bond donors (Lipinski definition) is 0. The molecule has 0 aliphatic carbocycles. The maximum absolute atomic E-state index is 12.2. The first-order valence-corrected chi connectivity index (χ1v) is 8.50. The van der Waals surface area contributed by atoms with Crippen molar-refractivity contribution in [3.8, 4) is 0 Å². The van der Waals surface area contributed by atoms with Gasteiger partial charge in [0, 0.05) is 6.42 Å². The third-order valence-electron chi connectivity index (χ3n) is 4.46. The Labute approximate surface area is 150 Å². The van der Waals surface area contributed by atoms with E-state index in [1.165, 1.54) is 0 Å². The number of carbonyl (C=O) groups excluding carboxylic acids is 2. The Morgan fingerprint density at radius 3 is 2.04 bits per heavy atom. The Morgan fingerprint density at radius 2 is 1.42 bits per heavy atom. The summed E-state index contributed by atoms with van der Waals surface area (Å²) in [5.74, 6) is -0.874. The predicted molar refractivity (Wildman–Crippen MR) is 90.5 cm³/mol. The van der Waals surface area contributed by atoms with Crippen LogP contribution >= 0.6 is 0 Å². The number of esters is 2. The predicted octanol–water partition coefficient (Wildman–Crippen LogP) is 2.58. The number of rotatable bonds is 4. The maximum atomic E-state index is 12.2. The largest absolute Gasteiger partial charge is 0.453 e. The lowest BCUT2D eigenvalue weighted by atomic mass is 10.1. The van der Waals surface area contributed by atoms with Crippen LogP contribution in [0.2, 0.25) is 0 Å². The minimum atomic E-state index is -0.712. The Morgan fingerprint density at radius 1 is 0.846 bits per heavy atom. The van der Waals surface area contributed by atoms with Crippen LogP contribution in [-0.4, -0.2) is 43.1 Å². The van der Waals surface area contributed by atoms with Crippen LogP contribution in [0.3, 0.4) is 0 Å². The standard InChI is InChI=1S/C20H18O6/c21-19(13-7-3-1-4-8-13)24-16-12-23-15-11-17(25-18(15)16)26-20(22)14-9-5-2-6-10-14/h1-10,15-18H,11-12H2/t15-,16-,17+,18-/m0/s1. The molecule has 0 amide bonds. The first-order valence-electron chi connectivity index (χ1n) is 8.50. The number of fused-ring (bicyclic) bond motifs is 1. The molecule has 0 unspecified atom stereocenters. The minimum absolute atomic E-state index is 0.253. The van der Waals surface area contributed by atoms with Crippen LogP contribution < -0.4 is 0 Å². The van der Waals surface area contributed by atoms with E-state index in [-0.39, 0.29) is 12.7 Å². The smallest absolute Gasteiger partial charge is 0.340 e. The molecule has 4 atom stereocenters. The van der Waals surface area contributed by atoms with Gasteiger partial charge in [-0.15, -0.1) is 0 Å². The zero-order valence-corrected chi connectivity index (χ0v) is 13.9. The van der Waals surface area contributed by atoms with Crippen LogP contribution in [0.5, 0.6) is 0 Å². The summed E-state index contributed by atoms with van der Waals surface area (Å²) in [4.78, 5) is 24.4. The molecule has 2 aliphatic heterocycles. The molecule has 0 aromatic heterocycles. The molecule has 0 saturated carbocycles. The highest BCUT2D eigenvalue weighted by atomic mass is 16.7. The molecule has 6 heteroatoms. The average molecular weight is 354 g/mol. The SMILES string of the molecule is O=C(O[C@@H]1C[C@@H]2OC[C@H](OC(=O)c3ccccc3)[C@H]2O1)c1ccccc1. The minimum Gasteiger partial charge on any atom is -0.453 e. The van der Waals surface area contributed by atoms with Gasteiger partial charge in [-0.2, -0.15) is 0 Å². The van der Waals surface area contributed by atoms with Crippen molar-refractivity contribution in [1.29, 1.82) is 0 Å². The van der Waals surface area contributed by atoms with Gasteiger partial charge in [0.2, 0.25) is 6.29 Å². The molecule has 2 aromatic rings. The van der Waals surface area contributed by atoms with E-state index in [2.05, 4.69) is 0 Å². The van der Waals surface area contributed by atoms with E-state index in [0.29, 0.717) is 17.5 Å². The van der Waals surface area contributed by atoms with Crippen LogP contribution in [0.15, 0.2) is 60.7 Å². The zero-order valence-electron chi connectivity index (χ0n) is 13.9. The fraction of sp³-hybridized carbons (Fsp3) is 0.300. The lowest BCUT2D eigenvalue weighted by molar-refractivity contribution is -0.124. The van der Waals surface area contributed by atoms with Crippen LogP contribution in [-0.2, 0) is 18.9 Å². The van der Waals surface area contributed by atoms with Gasteiger partial charge < -0.3 is 18.9 Å². The normalized spacial score (nSPS) is 26.9. The van der Waals surface area contributed by atoms with E-state index in [0.717, 1.165) is 0 Å². The molecule has 2 fully saturated rings. The van der Waals surface area contributed by atoms with Crippen molar-refractivity contribution in [2.24, 2.45) is 0 Å². The van der Waals surface area contributed by atoms with Crippen molar-refractivity contribution in [3.63, 3.8) is 0 Å².